The number of carbonyl (C=O) groups excluding carboxylic acids is 2. The summed E-state index contributed by atoms with van der Waals surface area (Å²) >= 11 is 0. The van der Waals surface area contributed by atoms with Crippen LogP contribution in [0.1, 0.15) is 51.5 Å². The summed E-state index contributed by atoms with van der Waals surface area (Å²) < 4.78 is 97.4. The first kappa shape index (κ1) is 40.0. The number of methoxy groups -OCH3 is 1. The molecular weight excluding hydrogens is 754 g/mol. The molecule has 302 valence electrons. The van der Waals surface area contributed by atoms with Crippen LogP contribution >= 0.6 is 0 Å². The minimum Gasteiger partial charge on any atom is -0.497 e. The van der Waals surface area contributed by atoms with E-state index in [4.69, 9.17) is 15.9 Å². The average Bonchev–Trinajstić information content (AvgIpc) is 3.96. The van der Waals surface area contributed by atoms with Gasteiger partial charge in [0.1, 0.15) is 41.1 Å². The highest BCUT2D eigenvalue weighted by molar-refractivity contribution is 6.03. The van der Waals surface area contributed by atoms with E-state index in [1.807, 2.05) is 13.8 Å². The Hall–Kier alpha value is -5.17. The predicted molar refractivity (Wildman–Crippen MR) is 201 cm³/mol. The second-order valence-corrected chi connectivity index (χ2v) is 15.6. The molecule has 4 saturated heterocycles. The van der Waals surface area contributed by atoms with E-state index >= 15 is 4.39 Å². The van der Waals surface area contributed by atoms with Crippen molar-refractivity contribution in [1.82, 2.24) is 24.8 Å². The highest BCUT2D eigenvalue weighted by Crippen LogP contribution is 2.47. The molecule has 1 saturated carbocycles. The number of rotatable bonds is 9. The zero-order valence-electron chi connectivity index (χ0n) is 31.7. The van der Waals surface area contributed by atoms with Crippen LogP contribution in [0, 0.1) is 35.3 Å². The average molecular weight is 797 g/mol. The van der Waals surface area contributed by atoms with Gasteiger partial charge >= 0.3 is 18.1 Å². The summed E-state index contributed by atoms with van der Waals surface area (Å²) in [4.78, 5) is 40.0. The molecule has 6 heterocycles. The Balaban J connectivity index is 0.000000935. The number of aldehydes is 1. The van der Waals surface area contributed by atoms with Gasteiger partial charge in [0.15, 0.2) is 5.82 Å². The number of alkyl halides is 4. The van der Waals surface area contributed by atoms with Crippen molar-refractivity contribution >= 4 is 39.7 Å². The van der Waals surface area contributed by atoms with Gasteiger partial charge in [0.2, 0.25) is 0 Å². The van der Waals surface area contributed by atoms with Gasteiger partial charge < -0.3 is 29.0 Å². The van der Waals surface area contributed by atoms with Gasteiger partial charge in [-0.15, -0.1) is 6.42 Å². The fourth-order valence-corrected chi connectivity index (χ4v) is 7.91. The lowest BCUT2D eigenvalue weighted by molar-refractivity contribution is -0.199. The first-order valence-electron chi connectivity index (χ1n) is 18.9. The Morgan fingerprint density at radius 2 is 1.79 bits per heavy atom. The summed E-state index contributed by atoms with van der Waals surface area (Å²) in [6.07, 6.45) is 5.28. The van der Waals surface area contributed by atoms with Crippen LogP contribution in [0.2, 0.25) is 0 Å². The van der Waals surface area contributed by atoms with E-state index in [-0.39, 0.29) is 76.0 Å². The molecule has 2 atom stereocenters. The van der Waals surface area contributed by atoms with Gasteiger partial charge in [-0.1, -0.05) is 25.8 Å². The number of halogens is 6. The molecule has 5 fully saturated rings. The predicted octanol–water partition coefficient (Wildman–Crippen LogP) is 6.90. The van der Waals surface area contributed by atoms with E-state index in [0.717, 1.165) is 24.0 Å². The van der Waals surface area contributed by atoms with Gasteiger partial charge in [0.05, 0.1) is 36.8 Å². The van der Waals surface area contributed by atoms with E-state index in [2.05, 4.69) is 25.8 Å². The summed E-state index contributed by atoms with van der Waals surface area (Å²) in [5.41, 5.74) is -0.480. The topological polar surface area (TPSA) is 101 Å². The lowest BCUT2D eigenvalue weighted by Crippen LogP contribution is -2.72. The molecule has 4 aromatic rings. The summed E-state index contributed by atoms with van der Waals surface area (Å²) in [6.45, 7) is 5.97. The molecule has 2 bridgehead atoms. The number of piperidine rings is 2. The van der Waals surface area contributed by atoms with Crippen LogP contribution in [-0.2, 0) is 9.59 Å². The van der Waals surface area contributed by atoms with Gasteiger partial charge in [-0.25, -0.2) is 13.2 Å². The van der Waals surface area contributed by atoms with Crippen LogP contribution in [0.4, 0.5) is 32.2 Å². The van der Waals surface area contributed by atoms with Gasteiger partial charge in [-0.3, -0.25) is 9.78 Å². The number of ether oxygens (including phenoxy) is 2. The fraction of sp³-hybridized carbons (Fsp3) is 0.488. The Morgan fingerprint density at radius 3 is 2.39 bits per heavy atom. The maximum Gasteiger partial charge on any atom is 0.471 e. The molecule has 10 nitrogen and oxygen atoms in total. The van der Waals surface area contributed by atoms with Gasteiger partial charge in [0, 0.05) is 61.2 Å². The Bertz CT molecular complexity index is 2220. The summed E-state index contributed by atoms with van der Waals surface area (Å²) in [5, 5.41) is 0.917. The van der Waals surface area contributed by atoms with E-state index < -0.39 is 42.0 Å². The number of terminal acetylenes is 1. The molecule has 0 spiro atoms. The molecule has 5 aliphatic rings. The van der Waals surface area contributed by atoms with Crippen molar-refractivity contribution in [1.29, 1.82) is 0 Å². The molecule has 4 aliphatic heterocycles. The number of nitrogens with zero attached hydrogens (tertiary/aromatic N) is 6. The normalized spacial score (nSPS) is 20.4. The van der Waals surface area contributed by atoms with E-state index in [9.17, 15) is 31.5 Å². The quantitative estimate of drug-likeness (QED) is 0.102. The number of carbonyl (C=O) groups is 2. The molecule has 9 rings (SSSR count). The van der Waals surface area contributed by atoms with Crippen LogP contribution in [0.3, 0.4) is 0 Å². The number of hydrogen-bond acceptors (Lipinski definition) is 9. The lowest BCUT2D eigenvalue weighted by atomic mass is 9.87. The van der Waals surface area contributed by atoms with Crippen LogP contribution < -0.4 is 14.4 Å². The molecule has 16 heteroatoms. The highest BCUT2D eigenvalue weighted by Gasteiger charge is 2.55. The molecule has 2 unspecified atom stereocenters. The first-order chi connectivity index (χ1) is 27.1. The third kappa shape index (κ3) is 8.03. The SMILES string of the molecule is C#Cc1c(F)ccc2cc(OC)cc(-c3ncc4c(N5CC6CC(C5)N6C(=O)C(F)(F)F)nc(OCC5(CN6CCC(F)CC6)CC5)nc4c3F)c12.CC(C)C=O. The Morgan fingerprint density at radius 1 is 1.11 bits per heavy atom. The molecule has 57 heavy (non-hydrogen) atoms. The molecule has 2 aromatic carbocycles. The van der Waals surface area contributed by atoms with Crippen molar-refractivity contribution < 1.29 is 45.4 Å². The Labute approximate surface area is 325 Å². The van der Waals surface area contributed by atoms with Crippen molar-refractivity contribution in [2.24, 2.45) is 11.3 Å². The number of piperazine rings is 1. The molecular formula is C41H42F6N6O4. The second kappa shape index (κ2) is 15.6. The molecule has 1 aliphatic carbocycles. The highest BCUT2D eigenvalue weighted by atomic mass is 19.4. The van der Waals surface area contributed by atoms with Crippen LogP contribution in [0.5, 0.6) is 11.8 Å². The minimum atomic E-state index is -5.00. The number of pyridine rings is 1. The number of fused-ring (bicyclic) bond motifs is 4. The number of amides is 1. The molecule has 1 amide bonds. The van der Waals surface area contributed by atoms with Gasteiger partial charge in [-0.05, 0) is 55.7 Å². The zero-order valence-corrected chi connectivity index (χ0v) is 31.7. The maximum absolute atomic E-state index is 17.0. The first-order valence-corrected chi connectivity index (χ1v) is 18.9. The number of likely N-dealkylation sites (tertiary alicyclic amines) is 1. The second-order valence-electron chi connectivity index (χ2n) is 15.6. The van der Waals surface area contributed by atoms with Crippen molar-refractivity contribution in [3.63, 3.8) is 0 Å². The van der Waals surface area contributed by atoms with E-state index in [1.165, 1.54) is 31.5 Å². The van der Waals surface area contributed by atoms with Gasteiger partial charge in [-0.2, -0.15) is 23.1 Å². The number of hydrogen-bond donors (Lipinski definition) is 0. The molecule has 0 radical (unpaired) electrons. The van der Waals surface area contributed by atoms with Crippen molar-refractivity contribution in [2.45, 2.75) is 70.4 Å². The minimum absolute atomic E-state index is 0.0209. The summed E-state index contributed by atoms with van der Waals surface area (Å²) in [6, 6.07) is 4.30. The third-order valence-electron chi connectivity index (χ3n) is 11.1. The fourth-order valence-electron chi connectivity index (χ4n) is 7.91. The van der Waals surface area contributed by atoms with E-state index in [1.54, 1.807) is 11.0 Å². The monoisotopic (exact) mass is 796 g/mol. The standard InChI is InChI=1S/C37H34F6N6O3.C4H8O/c1-3-25-28(39)5-4-20-12-24(51-2)14-26(29(20)25)31-30(40)32-27(15-44-31)33(48-16-22-13-23(17-48)49(22)34(50)37(41,42)43)46-35(45-32)52-19-36(8-9-36)18-47-10-6-21(38)7-11-47;1-4(2)3-5/h1,4-5,12,14-15,21-23H,6-11,13,16-19H2,2H3;3-4H,1-2H3. The largest absolute Gasteiger partial charge is 0.497 e. The van der Waals surface area contributed by atoms with Gasteiger partial charge in [0.25, 0.3) is 0 Å². The van der Waals surface area contributed by atoms with Crippen LogP contribution in [-0.4, -0.2) is 108 Å². The molecule has 2 aromatic heterocycles. The number of aromatic nitrogens is 3. The molecule has 0 N–H and O–H groups in total. The van der Waals surface area contributed by atoms with Crippen molar-refractivity contribution in [2.75, 3.05) is 51.3 Å². The maximum atomic E-state index is 17.0. The number of anilines is 1. The number of benzene rings is 2. The van der Waals surface area contributed by atoms with Crippen LogP contribution in [0.25, 0.3) is 32.9 Å². The summed E-state index contributed by atoms with van der Waals surface area (Å²) in [5.74, 6) is -0.321. The van der Waals surface area contributed by atoms with E-state index in [0.29, 0.717) is 50.0 Å². The van der Waals surface area contributed by atoms with Crippen LogP contribution in [0.15, 0.2) is 30.5 Å². The lowest BCUT2D eigenvalue weighted by Gasteiger charge is -2.56. The summed E-state index contributed by atoms with van der Waals surface area (Å²) in [7, 11) is 1.44. The Kier molecular flexibility index (Phi) is 11.0. The third-order valence-corrected chi connectivity index (χ3v) is 11.1. The van der Waals surface area contributed by atoms with Crippen molar-refractivity contribution in [3.8, 4) is 35.4 Å². The van der Waals surface area contributed by atoms with Crippen molar-refractivity contribution in [3.05, 3.63) is 47.7 Å². The zero-order chi connectivity index (χ0) is 40.8. The smallest absolute Gasteiger partial charge is 0.471 e.